The van der Waals surface area contributed by atoms with Crippen molar-refractivity contribution in [3.05, 3.63) is 198 Å². The summed E-state index contributed by atoms with van der Waals surface area (Å²) in [5.74, 6) is 8.29. The minimum absolute atomic E-state index is 0.116. The van der Waals surface area contributed by atoms with Crippen molar-refractivity contribution < 1.29 is 86.6 Å². The molecule has 27 nitrogen and oxygen atoms in total. The molecule has 0 aromatic heterocycles. The van der Waals surface area contributed by atoms with Gasteiger partial charge in [-0.15, -0.1) is 0 Å². The van der Waals surface area contributed by atoms with Crippen molar-refractivity contribution in [1.29, 1.82) is 0 Å². The van der Waals surface area contributed by atoms with E-state index in [0.717, 1.165) is 97.8 Å². The number of anilines is 4. The van der Waals surface area contributed by atoms with Crippen LogP contribution in [-0.2, 0) is 45.4 Å². The molecule has 0 spiro atoms. The molecule has 16 rings (SSSR count). The van der Waals surface area contributed by atoms with Crippen LogP contribution in [-0.4, -0.2) is 213 Å². The van der Waals surface area contributed by atoms with Crippen molar-refractivity contribution in [3.63, 3.8) is 0 Å². The van der Waals surface area contributed by atoms with Crippen LogP contribution in [0.25, 0.3) is 0 Å². The highest BCUT2D eigenvalue weighted by Gasteiger charge is 2.52. The molecule has 6 fully saturated rings. The molecule has 0 aliphatic carbocycles. The standard InChI is InChI=1S/C47H57B2N5O9.C44H53B2IN4O9/c1-28-15-37-31(4)53(48(5)57)38-23-43(42(59-7)21-36(38)46(56)51(37)24-28)62-27-34-19-32(11-10-13-50)18-33(20-34)26-61-41-22-39-35(17-30(41)3)45(55)52-25-29(2)16-40(52)47(54(39)49(6)58)63-44-12-8-9-14-60-44;1-25-12-34-28(4)50(45(5)54)35-20-40(39(56-7)18-33(35)43(53)48(34)21-25)59-24-30-15-29(16-31(47)17-30)23-58-38-19-36-32(14-27(38)3)42(52)49-22-26(2)13-37(49)44(51(36)46(6)55)60-41-10-8-9-11-57-41/h17-23,31,37,40,44,47,57-58H,1-2,8-9,12-16,24-27,50H2,3-7H3;14-20,28,34,37,41,44,54-55H,1-2,8-13,21-24H2,3-7H3/t31-,37-,40-,44?,47-;28-,34-,37-,41?,44-/m00/s1. The van der Waals surface area contributed by atoms with Crippen LogP contribution in [0.1, 0.15) is 158 Å². The molecule has 2 unspecified atom stereocenters. The number of hydrogen-bond acceptors (Lipinski definition) is 23. The first-order valence-corrected chi connectivity index (χ1v) is 43.7. The third kappa shape index (κ3) is 18.2. The van der Waals surface area contributed by atoms with Crippen LogP contribution < -0.4 is 53.4 Å². The molecule has 0 radical (unpaired) electrons. The van der Waals surface area contributed by atoms with Crippen LogP contribution >= 0.6 is 22.6 Å². The number of rotatable bonds is 22. The van der Waals surface area contributed by atoms with E-state index in [1.807, 2.05) is 113 Å². The van der Waals surface area contributed by atoms with E-state index in [9.17, 15) is 39.3 Å². The Morgan fingerprint density at radius 3 is 1.11 bits per heavy atom. The van der Waals surface area contributed by atoms with Gasteiger partial charge in [-0.25, -0.2) is 0 Å². The lowest BCUT2D eigenvalue weighted by Gasteiger charge is -2.40. The number of ether oxygens (including phenoxy) is 10. The summed E-state index contributed by atoms with van der Waals surface area (Å²) in [5, 5.41) is 44.8. The Kier molecular flexibility index (Phi) is 26.7. The second-order valence-corrected chi connectivity index (χ2v) is 35.3. The van der Waals surface area contributed by atoms with Crippen molar-refractivity contribution in [2.75, 3.05) is 79.4 Å². The van der Waals surface area contributed by atoms with Crippen LogP contribution in [0.2, 0.25) is 27.3 Å². The molecular weight excluding hydrogens is 1680 g/mol. The van der Waals surface area contributed by atoms with E-state index in [0.29, 0.717) is 150 Å². The van der Waals surface area contributed by atoms with Gasteiger partial charge in [-0.2, -0.15) is 0 Å². The van der Waals surface area contributed by atoms with Crippen molar-refractivity contribution in [2.45, 2.75) is 207 Å². The smallest absolute Gasteiger partial charge is 0.411 e. The van der Waals surface area contributed by atoms with Gasteiger partial charge in [-0.1, -0.05) is 60.4 Å². The number of aryl methyl sites for hydroxylation is 2. The molecule has 10 aliphatic rings. The van der Waals surface area contributed by atoms with Gasteiger partial charge >= 0.3 is 28.2 Å². The zero-order valence-electron chi connectivity index (χ0n) is 71.9. The van der Waals surface area contributed by atoms with E-state index in [1.165, 1.54) is 7.11 Å². The molecule has 6 aromatic carbocycles. The number of hydrogen-bond donors (Lipinski definition) is 5. The average molecular weight is 1790 g/mol. The van der Waals surface area contributed by atoms with Gasteiger partial charge in [0.2, 0.25) is 0 Å². The molecule has 6 N–H and O–H groups in total. The lowest BCUT2D eigenvalue weighted by atomic mass is 9.80. The molecule has 10 atom stereocenters. The molecule has 6 saturated heterocycles. The number of carbonyl (C=O) groups is 4. The predicted molar refractivity (Wildman–Crippen MR) is 483 cm³/mol. The molecule has 646 valence electrons. The number of amides is 4. The molecule has 4 amide bonds. The van der Waals surface area contributed by atoms with Gasteiger partial charge in [0, 0.05) is 108 Å². The van der Waals surface area contributed by atoms with Crippen LogP contribution in [0.3, 0.4) is 0 Å². The summed E-state index contributed by atoms with van der Waals surface area (Å²) in [4.78, 5) is 70.9. The Labute approximate surface area is 735 Å². The number of nitrogens with zero attached hydrogens (tertiary/aromatic N) is 8. The Morgan fingerprint density at radius 2 is 0.772 bits per heavy atom. The van der Waals surface area contributed by atoms with E-state index in [-0.39, 0.29) is 92.9 Å². The lowest BCUT2D eigenvalue weighted by Crippen LogP contribution is -2.56. The summed E-state index contributed by atoms with van der Waals surface area (Å²) in [7, 11) is -0.658. The number of halogens is 1. The molecule has 32 heteroatoms. The van der Waals surface area contributed by atoms with E-state index in [2.05, 4.69) is 60.7 Å². The summed E-state index contributed by atoms with van der Waals surface area (Å²) >= 11 is 2.28. The normalized spacial score (nSPS) is 23.3. The van der Waals surface area contributed by atoms with Crippen LogP contribution in [0.4, 0.5) is 22.7 Å². The lowest BCUT2D eigenvalue weighted by molar-refractivity contribution is -0.194. The van der Waals surface area contributed by atoms with E-state index >= 15 is 0 Å². The first-order valence-electron chi connectivity index (χ1n) is 42.6. The minimum atomic E-state index is -1.01. The zero-order chi connectivity index (χ0) is 87.3. The highest BCUT2D eigenvalue weighted by atomic mass is 127. The van der Waals surface area contributed by atoms with Gasteiger partial charge in [-0.3, -0.25) is 19.2 Å². The van der Waals surface area contributed by atoms with Crippen LogP contribution in [0.5, 0.6) is 34.5 Å². The molecule has 0 saturated carbocycles. The molecular formula is C91H110B4IN9O18. The first kappa shape index (κ1) is 88.2. The first-order chi connectivity index (χ1) is 59.0. The monoisotopic (exact) mass is 1790 g/mol. The number of carbonyl (C=O) groups excluding carboxylic acids is 4. The van der Waals surface area contributed by atoms with Crippen LogP contribution in [0, 0.1) is 29.3 Å². The molecule has 10 aliphatic heterocycles. The second-order valence-electron chi connectivity index (χ2n) is 34.1. The molecule has 123 heavy (non-hydrogen) atoms. The number of nitrogens with two attached hydrogens (primary N) is 1. The second kappa shape index (κ2) is 37.3. The highest BCUT2D eigenvalue weighted by Crippen LogP contribution is 2.48. The fourth-order valence-electron chi connectivity index (χ4n) is 19.4. The maximum Gasteiger partial charge on any atom is 0.411 e. The fraction of sp³-hybridized carbons (Fsp3) is 0.451. The number of methoxy groups -OCH3 is 2. The third-order valence-electron chi connectivity index (χ3n) is 25.0. The third-order valence-corrected chi connectivity index (χ3v) is 25.7. The predicted octanol–water partition coefficient (Wildman–Crippen LogP) is 11.6. The summed E-state index contributed by atoms with van der Waals surface area (Å²) in [6.45, 7) is 35.2. The van der Waals surface area contributed by atoms with E-state index in [1.54, 1.807) is 73.2 Å². The largest absolute Gasteiger partial charge is 0.493 e. The maximum atomic E-state index is 14.3. The number of fused-ring (bicyclic) bond motifs is 8. The van der Waals surface area contributed by atoms with Gasteiger partial charge < -0.3 is 112 Å². The Hall–Kier alpha value is -9.65. The van der Waals surface area contributed by atoms with Crippen LogP contribution in [0.15, 0.2) is 134 Å². The Balaban J connectivity index is 0.000000191. The molecule has 6 aromatic rings. The summed E-state index contributed by atoms with van der Waals surface area (Å²) < 4.78 is 63.8. The molecule has 10 heterocycles. The van der Waals surface area contributed by atoms with Gasteiger partial charge in [-0.05, 0) is 236 Å². The van der Waals surface area contributed by atoms with Crippen molar-refractivity contribution in [2.24, 2.45) is 5.73 Å². The number of benzene rings is 6. The quantitative estimate of drug-likeness (QED) is 0.0183. The van der Waals surface area contributed by atoms with Gasteiger partial charge in [0.05, 0.1) is 67.2 Å². The maximum absolute atomic E-state index is 14.3. The Morgan fingerprint density at radius 1 is 0.447 bits per heavy atom. The van der Waals surface area contributed by atoms with Crippen molar-refractivity contribution in [1.82, 2.24) is 19.6 Å². The van der Waals surface area contributed by atoms with Gasteiger partial charge in [0.25, 0.3) is 23.6 Å². The van der Waals surface area contributed by atoms with Crippen molar-refractivity contribution >= 4 is 97.2 Å². The Bertz CT molecular complexity index is 5190. The highest BCUT2D eigenvalue weighted by molar-refractivity contribution is 14.1. The molecule has 0 bridgehead atoms. The SMILES string of the molecule is C=C1C[C@H]2[C@H](C)N(B(C)O)c3cc(OCc4cc(C#CCN)cc(COc5cc6c(cc5C)C(=O)N5CC(=C)C[C@H]5[C@H](OC5CCCCO5)N6B(C)O)c4)c(OC)cc3C(=O)N2C1.C=C1C[C@H]2[C@H](C)N(B(C)O)c3cc(OCc4cc(I)cc(COc5cc6c(cc5C)C(=O)N5CC(=C)C[C@H]5[C@H](OC5CCCCO5)N6B(C)O)c4)c(OC)cc3C(=O)N2C1. The van der Waals surface area contributed by atoms with Gasteiger partial charge in [0.1, 0.15) is 50.4 Å². The summed E-state index contributed by atoms with van der Waals surface area (Å²) in [6, 6.07) is 24.9. The topological polar surface area (TPSA) is 293 Å². The average Bonchev–Trinajstić information content (AvgIpc) is 1.62. The van der Waals surface area contributed by atoms with Crippen molar-refractivity contribution in [3.8, 4) is 46.3 Å². The minimum Gasteiger partial charge on any atom is -0.493 e. The van der Waals surface area contributed by atoms with E-state index < -0.39 is 53.2 Å². The zero-order valence-corrected chi connectivity index (χ0v) is 74.0. The van der Waals surface area contributed by atoms with Gasteiger partial charge in [0.15, 0.2) is 35.6 Å². The van der Waals surface area contributed by atoms with E-state index in [4.69, 9.17) is 53.1 Å². The fourth-order valence-corrected chi connectivity index (χ4v) is 20.2. The summed E-state index contributed by atoms with van der Waals surface area (Å²) in [5.41, 5.74) is 19.3. The summed E-state index contributed by atoms with van der Waals surface area (Å²) in [6.07, 6.45) is 5.53.